The molecule has 2 aromatic rings. The van der Waals surface area contributed by atoms with Gasteiger partial charge in [0, 0.05) is 37.5 Å². The van der Waals surface area contributed by atoms with Gasteiger partial charge >= 0.3 is 0 Å². The number of hydrogen-bond acceptors (Lipinski definition) is 3. The lowest BCUT2D eigenvalue weighted by Crippen LogP contribution is -2.56. The lowest BCUT2D eigenvalue weighted by molar-refractivity contribution is -0.126. The third kappa shape index (κ3) is 6.19. The van der Waals surface area contributed by atoms with Gasteiger partial charge in [-0.1, -0.05) is 42.8 Å². The molecule has 0 aromatic heterocycles. The first-order chi connectivity index (χ1) is 16.2. The van der Waals surface area contributed by atoms with Crippen molar-refractivity contribution in [1.29, 1.82) is 5.41 Å². The maximum Gasteiger partial charge on any atom is 0.291 e. The summed E-state index contributed by atoms with van der Waals surface area (Å²) in [6, 6.07) is 14.0. The number of amidine groups is 1. The van der Waals surface area contributed by atoms with Gasteiger partial charge in [0.15, 0.2) is 0 Å². The van der Waals surface area contributed by atoms with Gasteiger partial charge in [-0.15, -0.1) is 0 Å². The predicted octanol–water partition coefficient (Wildman–Crippen LogP) is 4.60. The van der Waals surface area contributed by atoms with Crippen molar-refractivity contribution in [2.45, 2.75) is 53.5 Å². The van der Waals surface area contributed by atoms with E-state index < -0.39 is 0 Å². The van der Waals surface area contributed by atoms with E-state index in [0.29, 0.717) is 25.2 Å². The van der Waals surface area contributed by atoms with E-state index in [1.165, 1.54) is 11.1 Å². The molecular weight excluding hydrogens is 424 g/mol. The number of carbonyl (C=O) groups excluding carboxylic acids is 2. The Morgan fingerprint density at radius 3 is 2.53 bits per heavy atom. The number of aliphatic imine (C=N–C) groups is 1. The van der Waals surface area contributed by atoms with E-state index in [1.807, 2.05) is 49.9 Å². The molecule has 1 N–H and O–H groups in total. The lowest BCUT2D eigenvalue weighted by Gasteiger charge is -2.39. The van der Waals surface area contributed by atoms with E-state index in [4.69, 9.17) is 5.41 Å². The van der Waals surface area contributed by atoms with Crippen LogP contribution in [0.3, 0.4) is 0 Å². The maximum atomic E-state index is 13.0. The number of nitrogens with one attached hydrogen (secondary N) is 1. The first kappa shape index (κ1) is 25.3. The Morgan fingerprint density at radius 1 is 1.12 bits per heavy atom. The van der Waals surface area contributed by atoms with Crippen LogP contribution < -0.4 is 0 Å². The van der Waals surface area contributed by atoms with Crippen molar-refractivity contribution < 1.29 is 9.59 Å². The fourth-order valence-corrected chi connectivity index (χ4v) is 4.31. The average molecular weight is 461 g/mol. The molecule has 0 saturated carbocycles. The van der Waals surface area contributed by atoms with Gasteiger partial charge in [0.05, 0.1) is 0 Å². The van der Waals surface area contributed by atoms with E-state index >= 15 is 0 Å². The Balaban J connectivity index is 1.58. The zero-order chi connectivity index (χ0) is 24.8. The molecular formula is C28H36N4O2. The SMILES string of the molecule is CCC(/C=N\C(=N)C(=O)N1CCN(C(=O)c2ccc(C)c(C)c2)C(C)C1)Cc1cccc(C)c1. The second kappa shape index (κ2) is 11.2. The standard InChI is InChI=1S/C28H36N4O2/c1-6-23(16-24-9-7-8-19(2)14-24)17-30-26(29)28(34)31-12-13-32(22(5)18-31)27(33)25-11-10-20(3)21(4)15-25/h7-11,14-15,17,22-23,29H,6,12-13,16,18H2,1-5H3/b29-26?,30-17-. The molecule has 6 nitrogen and oxygen atoms in total. The van der Waals surface area contributed by atoms with Gasteiger partial charge in [-0.25, -0.2) is 4.99 Å². The molecule has 2 amide bonds. The summed E-state index contributed by atoms with van der Waals surface area (Å²) in [5.41, 5.74) is 5.37. The summed E-state index contributed by atoms with van der Waals surface area (Å²) in [7, 11) is 0. The van der Waals surface area contributed by atoms with Crippen molar-refractivity contribution in [2.24, 2.45) is 10.9 Å². The van der Waals surface area contributed by atoms with Crippen molar-refractivity contribution in [3.05, 3.63) is 70.3 Å². The molecule has 6 heteroatoms. The zero-order valence-electron chi connectivity index (χ0n) is 21.0. The molecule has 2 unspecified atom stereocenters. The second-order valence-electron chi connectivity index (χ2n) is 9.39. The summed E-state index contributed by atoms with van der Waals surface area (Å²) < 4.78 is 0. The largest absolute Gasteiger partial charge is 0.332 e. The molecule has 34 heavy (non-hydrogen) atoms. The van der Waals surface area contributed by atoms with Crippen LogP contribution in [-0.2, 0) is 11.2 Å². The number of carbonyl (C=O) groups is 2. The Hall–Kier alpha value is -3.28. The summed E-state index contributed by atoms with van der Waals surface area (Å²) in [6.07, 6.45) is 3.46. The van der Waals surface area contributed by atoms with Crippen molar-refractivity contribution >= 4 is 23.9 Å². The highest BCUT2D eigenvalue weighted by Crippen LogP contribution is 2.17. The van der Waals surface area contributed by atoms with Crippen LogP contribution in [-0.4, -0.2) is 59.3 Å². The molecule has 0 spiro atoms. The molecule has 2 aromatic carbocycles. The molecule has 2 atom stereocenters. The maximum absolute atomic E-state index is 13.0. The van der Waals surface area contributed by atoms with Crippen LogP contribution in [0.25, 0.3) is 0 Å². The summed E-state index contributed by atoms with van der Waals surface area (Å²) in [4.78, 5) is 33.6. The normalized spacial score (nSPS) is 17.1. The third-order valence-corrected chi connectivity index (χ3v) is 6.65. The Bertz CT molecular complexity index is 1090. The van der Waals surface area contributed by atoms with E-state index in [0.717, 1.165) is 24.0 Å². The number of benzene rings is 2. The Kier molecular flexibility index (Phi) is 8.37. The van der Waals surface area contributed by atoms with Crippen molar-refractivity contribution in [2.75, 3.05) is 19.6 Å². The van der Waals surface area contributed by atoms with Gasteiger partial charge < -0.3 is 9.80 Å². The number of amides is 2. The van der Waals surface area contributed by atoms with Gasteiger partial charge in [-0.3, -0.25) is 15.0 Å². The number of rotatable bonds is 5. The number of piperazine rings is 1. The molecule has 0 radical (unpaired) electrons. The van der Waals surface area contributed by atoms with Crippen LogP contribution >= 0.6 is 0 Å². The minimum atomic E-state index is -0.383. The fourth-order valence-electron chi connectivity index (χ4n) is 4.31. The van der Waals surface area contributed by atoms with Crippen molar-refractivity contribution in [3.8, 4) is 0 Å². The highest BCUT2D eigenvalue weighted by atomic mass is 16.2. The molecule has 3 rings (SSSR count). The van der Waals surface area contributed by atoms with Crippen LogP contribution in [0.4, 0.5) is 0 Å². The monoisotopic (exact) mass is 460 g/mol. The molecule has 1 aliphatic rings. The van der Waals surface area contributed by atoms with E-state index in [-0.39, 0.29) is 29.6 Å². The molecule has 0 aliphatic carbocycles. The number of hydrogen-bond donors (Lipinski definition) is 1. The van der Waals surface area contributed by atoms with Gasteiger partial charge in [0.25, 0.3) is 11.8 Å². The predicted molar refractivity (Wildman–Crippen MR) is 138 cm³/mol. The first-order valence-corrected chi connectivity index (χ1v) is 12.0. The number of aryl methyl sites for hydroxylation is 3. The van der Waals surface area contributed by atoms with Crippen LogP contribution in [0.1, 0.15) is 52.9 Å². The molecule has 180 valence electrons. The molecule has 1 fully saturated rings. The van der Waals surface area contributed by atoms with E-state index in [1.54, 1.807) is 11.1 Å². The average Bonchev–Trinajstić information content (AvgIpc) is 2.82. The van der Waals surface area contributed by atoms with Crippen LogP contribution in [0.5, 0.6) is 0 Å². The minimum Gasteiger partial charge on any atom is -0.332 e. The summed E-state index contributed by atoms with van der Waals surface area (Å²) in [5, 5.41) is 8.22. The van der Waals surface area contributed by atoms with Gasteiger partial charge in [-0.05, 0) is 75.3 Å². The highest BCUT2D eigenvalue weighted by molar-refractivity contribution is 6.37. The number of nitrogens with zero attached hydrogens (tertiary/aromatic N) is 3. The molecule has 1 saturated heterocycles. The summed E-state index contributed by atoms with van der Waals surface area (Å²) >= 11 is 0. The van der Waals surface area contributed by atoms with E-state index in [9.17, 15) is 9.59 Å². The van der Waals surface area contributed by atoms with Gasteiger partial charge in [0.1, 0.15) is 0 Å². The quantitative estimate of drug-likeness (QED) is 0.523. The molecule has 1 heterocycles. The highest BCUT2D eigenvalue weighted by Gasteiger charge is 2.31. The lowest BCUT2D eigenvalue weighted by atomic mass is 9.97. The van der Waals surface area contributed by atoms with E-state index in [2.05, 4.69) is 37.0 Å². The fraction of sp³-hybridized carbons (Fsp3) is 0.429. The zero-order valence-corrected chi connectivity index (χ0v) is 21.0. The second-order valence-corrected chi connectivity index (χ2v) is 9.39. The summed E-state index contributed by atoms with van der Waals surface area (Å²) in [5.74, 6) is -0.477. The Morgan fingerprint density at radius 2 is 1.88 bits per heavy atom. The third-order valence-electron chi connectivity index (χ3n) is 6.65. The molecule has 0 bridgehead atoms. The Labute approximate surface area is 203 Å². The van der Waals surface area contributed by atoms with Crippen LogP contribution in [0, 0.1) is 32.1 Å². The van der Waals surface area contributed by atoms with Crippen LogP contribution in [0.15, 0.2) is 47.5 Å². The topological polar surface area (TPSA) is 76.8 Å². The van der Waals surface area contributed by atoms with Crippen LogP contribution in [0.2, 0.25) is 0 Å². The van der Waals surface area contributed by atoms with Gasteiger partial charge in [0.2, 0.25) is 5.84 Å². The summed E-state index contributed by atoms with van der Waals surface area (Å²) in [6.45, 7) is 11.4. The first-order valence-electron chi connectivity index (χ1n) is 12.0. The smallest absolute Gasteiger partial charge is 0.291 e. The molecule has 1 aliphatic heterocycles. The van der Waals surface area contributed by atoms with Crippen molar-refractivity contribution in [1.82, 2.24) is 9.80 Å². The minimum absolute atomic E-state index is 0.0160. The van der Waals surface area contributed by atoms with Gasteiger partial charge in [-0.2, -0.15) is 0 Å². The van der Waals surface area contributed by atoms with Crippen molar-refractivity contribution in [3.63, 3.8) is 0 Å².